The Kier molecular flexibility index (Phi) is 27.8. The standard InChI is InChI=1S/2C40H50O3/c2*1-28(17-13-19-30(3)21-23-34-32(5)36(41)25-26-39(34,7)8)15-11-12-16-29(2)18-14-20-31(4)22-24-35-33(6)38(43)37(42)27-40(35,9)10/h2*11-24,27,42H,25-26H2,1-10H3/b2*12-11+,17-13+,18-14+,23-21+,24-22+,28-15+,29-16+,30-19+,31-20+. The van der Waals surface area contributed by atoms with Crippen molar-refractivity contribution in [2.24, 2.45) is 21.7 Å². The van der Waals surface area contributed by atoms with E-state index in [1.165, 1.54) is 0 Å². The van der Waals surface area contributed by atoms with E-state index in [-0.39, 0.29) is 45.5 Å². The Labute approximate surface area is 518 Å². The van der Waals surface area contributed by atoms with Crippen LogP contribution < -0.4 is 0 Å². The molecule has 0 aromatic heterocycles. The summed E-state index contributed by atoms with van der Waals surface area (Å²) in [6.07, 6.45) is 63.7. The summed E-state index contributed by atoms with van der Waals surface area (Å²) in [6.45, 7) is 40.7. The number of aliphatic hydroxyl groups is 2. The van der Waals surface area contributed by atoms with Crippen molar-refractivity contribution in [1.29, 1.82) is 0 Å². The third-order valence-electron chi connectivity index (χ3n) is 16.0. The van der Waals surface area contributed by atoms with Gasteiger partial charge in [0.1, 0.15) is 0 Å². The molecule has 4 aliphatic rings. The summed E-state index contributed by atoms with van der Waals surface area (Å²) in [7, 11) is 0. The summed E-state index contributed by atoms with van der Waals surface area (Å²) < 4.78 is 0. The topological polar surface area (TPSA) is 109 Å². The van der Waals surface area contributed by atoms with Gasteiger partial charge >= 0.3 is 0 Å². The number of carbonyl (C=O) groups is 4. The third-order valence-corrected chi connectivity index (χ3v) is 16.0. The molecule has 0 saturated heterocycles. The largest absolute Gasteiger partial charge is 0.504 e. The SMILES string of the molecule is CC1=C(/C=C/C(C)=C/C=C/C(C)=C/C=C/C=C(C)/C=C/C=C(C)/C=C/C2=C(C)C(=O)CCC2(C)C)C(C)(C)C=C(O)C1=O.CC1=C(/C=C/C(C)=C/C=C/C(C)=C/C=C/C=C(C)/C=C/C=C(C)/C=C/C2=C(C)C(=O)CCC2(C)C)C(C)(C)C=C(O)C1=O. The van der Waals surface area contributed by atoms with Crippen LogP contribution in [0.15, 0.2) is 283 Å². The fourth-order valence-corrected chi connectivity index (χ4v) is 10.3. The maximum atomic E-state index is 12.2. The lowest BCUT2D eigenvalue weighted by Gasteiger charge is -2.32. The van der Waals surface area contributed by atoms with Gasteiger partial charge in [-0.15, -0.1) is 0 Å². The van der Waals surface area contributed by atoms with Crippen LogP contribution in [-0.4, -0.2) is 33.3 Å². The monoisotopic (exact) mass is 1160 g/mol. The van der Waals surface area contributed by atoms with E-state index < -0.39 is 10.8 Å². The zero-order chi connectivity index (χ0) is 64.7. The van der Waals surface area contributed by atoms with Gasteiger partial charge in [0, 0.05) is 34.8 Å². The summed E-state index contributed by atoms with van der Waals surface area (Å²) in [4.78, 5) is 48.6. The van der Waals surface area contributed by atoms with Crippen molar-refractivity contribution in [2.45, 2.75) is 164 Å². The van der Waals surface area contributed by atoms with Crippen LogP contribution in [0.1, 0.15) is 164 Å². The van der Waals surface area contributed by atoms with E-state index in [9.17, 15) is 29.4 Å². The van der Waals surface area contributed by atoms with E-state index in [1.54, 1.807) is 26.0 Å². The number of ketones is 4. The van der Waals surface area contributed by atoms with Crippen LogP contribution in [0.25, 0.3) is 0 Å². The van der Waals surface area contributed by atoms with Crippen LogP contribution in [0, 0.1) is 21.7 Å². The summed E-state index contributed by atoms with van der Waals surface area (Å²) >= 11 is 0. The molecule has 0 atom stereocenters. The van der Waals surface area contributed by atoms with Crippen LogP contribution in [-0.2, 0) is 19.2 Å². The number of allylic oxidation sites excluding steroid dienone is 46. The van der Waals surface area contributed by atoms with Gasteiger partial charge in [-0.2, -0.15) is 0 Å². The quantitative estimate of drug-likeness (QED) is 0.118. The van der Waals surface area contributed by atoms with Gasteiger partial charge in [-0.3, -0.25) is 19.2 Å². The van der Waals surface area contributed by atoms with Crippen LogP contribution in [0.2, 0.25) is 0 Å². The maximum absolute atomic E-state index is 12.2. The molecule has 0 spiro atoms. The minimum absolute atomic E-state index is 0.0316. The molecule has 0 bridgehead atoms. The van der Waals surface area contributed by atoms with E-state index in [2.05, 4.69) is 166 Å². The molecule has 0 saturated carbocycles. The fraction of sp³-hybridized carbons (Fsp3) is 0.350. The van der Waals surface area contributed by atoms with Gasteiger partial charge in [0.2, 0.25) is 11.6 Å². The molecule has 0 aromatic rings. The molecule has 6 heteroatoms. The first-order chi connectivity index (χ1) is 40.1. The number of hydrogen-bond acceptors (Lipinski definition) is 6. The van der Waals surface area contributed by atoms with Crippen molar-refractivity contribution in [2.75, 3.05) is 0 Å². The smallest absolute Gasteiger partial charge is 0.222 e. The highest BCUT2D eigenvalue weighted by molar-refractivity contribution is 6.09. The molecular weight excluding hydrogens is 1060 g/mol. The van der Waals surface area contributed by atoms with Crippen molar-refractivity contribution in [3.8, 4) is 0 Å². The van der Waals surface area contributed by atoms with Gasteiger partial charge in [0.15, 0.2) is 23.1 Å². The molecule has 0 aliphatic heterocycles. The van der Waals surface area contributed by atoms with Crippen molar-refractivity contribution in [3.05, 3.63) is 283 Å². The minimum Gasteiger partial charge on any atom is -0.504 e. The fourth-order valence-electron chi connectivity index (χ4n) is 10.3. The minimum atomic E-state index is -0.400. The summed E-state index contributed by atoms with van der Waals surface area (Å²) in [5.41, 5.74) is 15.3. The maximum Gasteiger partial charge on any atom is 0.222 e. The molecular formula is C80H100O6. The Morgan fingerprint density at radius 1 is 0.337 bits per heavy atom. The second-order valence-corrected chi connectivity index (χ2v) is 25.8. The van der Waals surface area contributed by atoms with Gasteiger partial charge in [-0.25, -0.2) is 0 Å². The first kappa shape index (κ1) is 72.3. The van der Waals surface area contributed by atoms with Gasteiger partial charge in [-0.1, -0.05) is 270 Å². The van der Waals surface area contributed by atoms with Crippen molar-refractivity contribution < 1.29 is 29.4 Å². The number of Topliss-reactive ketones (excluding diaryl/α,β-unsaturated/α-hetero) is 4. The highest BCUT2D eigenvalue weighted by Crippen LogP contribution is 2.42. The first-order valence-corrected chi connectivity index (χ1v) is 30.1. The summed E-state index contributed by atoms with van der Waals surface area (Å²) in [5, 5.41) is 19.8. The number of rotatable bonds is 20. The lowest BCUT2D eigenvalue weighted by atomic mass is 9.72. The Hall–Kier alpha value is -7.96. The number of carbonyl (C=O) groups excluding carboxylic acids is 4. The normalized spacial score (nSPS) is 21.2. The molecule has 0 radical (unpaired) electrons. The van der Waals surface area contributed by atoms with E-state index >= 15 is 0 Å². The molecule has 0 fully saturated rings. The lowest BCUT2D eigenvalue weighted by Crippen LogP contribution is -2.24. The zero-order valence-electron chi connectivity index (χ0n) is 55.7. The van der Waals surface area contributed by atoms with Crippen LogP contribution >= 0.6 is 0 Å². The van der Waals surface area contributed by atoms with Crippen molar-refractivity contribution in [1.82, 2.24) is 0 Å². The predicted octanol–water partition coefficient (Wildman–Crippen LogP) is 21.3. The molecule has 0 heterocycles. The van der Waals surface area contributed by atoms with Crippen LogP contribution in [0.4, 0.5) is 0 Å². The summed E-state index contributed by atoms with van der Waals surface area (Å²) in [5.74, 6) is -0.435. The lowest BCUT2D eigenvalue weighted by molar-refractivity contribution is -0.117. The zero-order valence-corrected chi connectivity index (χ0v) is 55.7. The molecule has 6 nitrogen and oxygen atoms in total. The average molecular weight is 1160 g/mol. The molecule has 86 heavy (non-hydrogen) atoms. The van der Waals surface area contributed by atoms with Crippen LogP contribution in [0.3, 0.4) is 0 Å². The highest BCUT2D eigenvalue weighted by atomic mass is 16.3. The van der Waals surface area contributed by atoms with Gasteiger partial charge in [-0.05, 0) is 152 Å². The van der Waals surface area contributed by atoms with Crippen molar-refractivity contribution >= 4 is 23.1 Å². The van der Waals surface area contributed by atoms with Gasteiger partial charge in [0.05, 0.1) is 0 Å². The molecule has 0 unspecified atom stereocenters. The van der Waals surface area contributed by atoms with Gasteiger partial charge in [0.25, 0.3) is 0 Å². The Bertz CT molecular complexity index is 3180. The number of aliphatic hydroxyl groups excluding tert-OH is 2. The molecule has 4 aliphatic carbocycles. The number of hydrogen-bond donors (Lipinski definition) is 2. The van der Waals surface area contributed by atoms with Crippen molar-refractivity contribution in [3.63, 3.8) is 0 Å². The van der Waals surface area contributed by atoms with E-state index in [4.69, 9.17) is 0 Å². The Morgan fingerprint density at radius 3 is 0.814 bits per heavy atom. The molecule has 0 aromatic carbocycles. The third kappa shape index (κ3) is 23.1. The summed E-state index contributed by atoms with van der Waals surface area (Å²) in [6, 6.07) is 0. The second-order valence-electron chi connectivity index (χ2n) is 25.8. The van der Waals surface area contributed by atoms with E-state index in [1.807, 2.05) is 128 Å². The predicted molar refractivity (Wildman–Crippen MR) is 367 cm³/mol. The second kappa shape index (κ2) is 33.1. The highest BCUT2D eigenvalue weighted by Gasteiger charge is 2.34. The van der Waals surface area contributed by atoms with Crippen LogP contribution in [0.5, 0.6) is 0 Å². The molecule has 0 amide bonds. The average Bonchev–Trinajstić information content (AvgIpc) is 1.35. The van der Waals surface area contributed by atoms with Gasteiger partial charge < -0.3 is 10.2 Å². The Morgan fingerprint density at radius 2 is 0.558 bits per heavy atom. The van der Waals surface area contributed by atoms with E-state index in [0.29, 0.717) is 24.0 Å². The molecule has 2 N–H and O–H groups in total. The molecule has 456 valence electrons. The first-order valence-electron chi connectivity index (χ1n) is 30.1. The molecule has 4 rings (SSSR count). The Balaban J connectivity index is 0.000000450. The van der Waals surface area contributed by atoms with E-state index in [0.717, 1.165) is 90.9 Å².